The Morgan fingerprint density at radius 2 is 1.68 bits per heavy atom. The van der Waals surface area contributed by atoms with Crippen molar-refractivity contribution in [1.82, 2.24) is 0 Å². The highest BCUT2D eigenvalue weighted by molar-refractivity contribution is 7.92. The Kier molecular flexibility index (Phi) is 7.03. The molecule has 0 saturated carbocycles. The number of methoxy groups -OCH3 is 2. The van der Waals surface area contributed by atoms with Gasteiger partial charge in [-0.3, -0.25) is 9.10 Å². The van der Waals surface area contributed by atoms with Crippen molar-refractivity contribution in [2.45, 2.75) is 13.0 Å². The average molecular weight is 447 g/mol. The largest absolute Gasteiger partial charge is 0.497 e. The number of ether oxygens (including phenoxy) is 2. The smallest absolute Gasteiger partial charge is 0.248 e. The molecule has 0 bridgehead atoms. The summed E-state index contributed by atoms with van der Waals surface area (Å²) >= 11 is 12.0. The van der Waals surface area contributed by atoms with E-state index in [0.717, 1.165) is 10.6 Å². The Bertz CT molecular complexity index is 962. The van der Waals surface area contributed by atoms with E-state index in [1.165, 1.54) is 39.3 Å². The molecule has 2 rings (SSSR count). The first-order valence-electron chi connectivity index (χ1n) is 8.05. The van der Waals surface area contributed by atoms with E-state index >= 15 is 0 Å². The molecule has 7 nitrogen and oxygen atoms in total. The van der Waals surface area contributed by atoms with Gasteiger partial charge >= 0.3 is 0 Å². The van der Waals surface area contributed by atoms with Crippen LogP contribution in [0.4, 0.5) is 11.4 Å². The Hall–Kier alpha value is -2.16. The first-order chi connectivity index (χ1) is 13.1. The molecule has 1 amide bonds. The summed E-state index contributed by atoms with van der Waals surface area (Å²) in [5, 5.41) is 3.17. The van der Waals surface area contributed by atoms with Crippen molar-refractivity contribution in [3.8, 4) is 11.5 Å². The third kappa shape index (κ3) is 5.21. The zero-order valence-corrected chi connectivity index (χ0v) is 18.0. The SMILES string of the molecule is COc1ccc(NC(=O)[C@H](C)N(c2cc(Cl)cc(Cl)c2)S(C)(=O)=O)c(OC)c1. The van der Waals surface area contributed by atoms with E-state index in [4.69, 9.17) is 32.7 Å². The van der Waals surface area contributed by atoms with Gasteiger partial charge < -0.3 is 14.8 Å². The highest BCUT2D eigenvalue weighted by Crippen LogP contribution is 2.31. The second-order valence-corrected chi connectivity index (χ2v) is 8.65. The van der Waals surface area contributed by atoms with Crippen LogP contribution in [0.3, 0.4) is 0 Å². The van der Waals surface area contributed by atoms with Gasteiger partial charge in [-0.2, -0.15) is 0 Å². The van der Waals surface area contributed by atoms with E-state index in [1.807, 2.05) is 0 Å². The molecular formula is C18H20Cl2N2O5S. The lowest BCUT2D eigenvalue weighted by Gasteiger charge is -2.28. The number of benzene rings is 2. The lowest BCUT2D eigenvalue weighted by molar-refractivity contribution is -0.116. The minimum Gasteiger partial charge on any atom is -0.497 e. The van der Waals surface area contributed by atoms with Gasteiger partial charge in [0.15, 0.2) is 0 Å². The van der Waals surface area contributed by atoms with Crippen LogP contribution in [-0.2, 0) is 14.8 Å². The summed E-state index contributed by atoms with van der Waals surface area (Å²) in [4.78, 5) is 12.8. The minimum absolute atomic E-state index is 0.185. The summed E-state index contributed by atoms with van der Waals surface area (Å²) in [6, 6.07) is 8.08. The van der Waals surface area contributed by atoms with E-state index in [0.29, 0.717) is 17.2 Å². The number of carbonyl (C=O) groups excluding carboxylic acids is 1. The molecular weight excluding hydrogens is 427 g/mol. The Morgan fingerprint density at radius 3 is 2.18 bits per heavy atom. The van der Waals surface area contributed by atoms with Crippen LogP contribution in [0.25, 0.3) is 0 Å². The maximum Gasteiger partial charge on any atom is 0.248 e. The standard InChI is InChI=1S/C18H20Cl2N2O5S/c1-11(18(23)21-16-6-5-15(26-2)10-17(16)27-3)22(28(4,24)25)14-8-12(19)7-13(20)9-14/h5-11H,1-4H3,(H,21,23)/t11-/m0/s1. The molecule has 152 valence electrons. The second-order valence-electron chi connectivity index (χ2n) is 5.92. The maximum absolute atomic E-state index is 12.8. The van der Waals surface area contributed by atoms with Crippen molar-refractivity contribution < 1.29 is 22.7 Å². The number of rotatable bonds is 7. The monoisotopic (exact) mass is 446 g/mol. The van der Waals surface area contributed by atoms with Gasteiger partial charge in [0.25, 0.3) is 0 Å². The summed E-state index contributed by atoms with van der Waals surface area (Å²) in [6.07, 6.45) is 1.000. The molecule has 0 spiro atoms. The van der Waals surface area contributed by atoms with Crippen molar-refractivity contribution in [2.75, 3.05) is 30.1 Å². The predicted octanol–water partition coefficient (Wildman–Crippen LogP) is 3.80. The summed E-state index contributed by atoms with van der Waals surface area (Å²) in [6.45, 7) is 1.46. The van der Waals surface area contributed by atoms with Crippen molar-refractivity contribution >= 4 is 50.5 Å². The number of hydrogen-bond donors (Lipinski definition) is 1. The molecule has 0 aliphatic rings. The van der Waals surface area contributed by atoms with Gasteiger partial charge in [-0.05, 0) is 37.3 Å². The van der Waals surface area contributed by atoms with Crippen LogP contribution in [0.5, 0.6) is 11.5 Å². The molecule has 0 aliphatic heterocycles. The van der Waals surface area contributed by atoms with Gasteiger partial charge in [-0.25, -0.2) is 8.42 Å². The van der Waals surface area contributed by atoms with Gasteiger partial charge in [0.2, 0.25) is 15.9 Å². The fraction of sp³-hybridized carbons (Fsp3) is 0.278. The van der Waals surface area contributed by atoms with Gasteiger partial charge in [0.05, 0.1) is 31.9 Å². The minimum atomic E-state index is -3.81. The number of nitrogens with zero attached hydrogens (tertiary/aromatic N) is 1. The normalized spacial score (nSPS) is 12.2. The molecule has 10 heteroatoms. The molecule has 0 radical (unpaired) electrons. The molecule has 0 saturated heterocycles. The van der Waals surface area contributed by atoms with Gasteiger partial charge in [0.1, 0.15) is 17.5 Å². The van der Waals surface area contributed by atoms with Crippen LogP contribution >= 0.6 is 23.2 Å². The molecule has 28 heavy (non-hydrogen) atoms. The zero-order valence-electron chi connectivity index (χ0n) is 15.7. The van der Waals surface area contributed by atoms with Crippen LogP contribution in [0.2, 0.25) is 10.0 Å². The highest BCUT2D eigenvalue weighted by atomic mass is 35.5. The van der Waals surface area contributed by atoms with E-state index in [2.05, 4.69) is 5.32 Å². The van der Waals surface area contributed by atoms with E-state index in [-0.39, 0.29) is 15.7 Å². The third-order valence-electron chi connectivity index (χ3n) is 3.86. The molecule has 0 aliphatic carbocycles. The van der Waals surface area contributed by atoms with Crippen LogP contribution < -0.4 is 19.1 Å². The van der Waals surface area contributed by atoms with Gasteiger partial charge in [-0.1, -0.05) is 23.2 Å². The highest BCUT2D eigenvalue weighted by Gasteiger charge is 2.30. The third-order valence-corrected chi connectivity index (χ3v) is 5.53. The van der Waals surface area contributed by atoms with Crippen LogP contribution in [-0.4, -0.2) is 40.8 Å². The summed E-state index contributed by atoms with van der Waals surface area (Å²) in [5.74, 6) is 0.357. The summed E-state index contributed by atoms with van der Waals surface area (Å²) in [7, 11) is -0.852. The van der Waals surface area contributed by atoms with Crippen LogP contribution in [0.1, 0.15) is 6.92 Å². The molecule has 2 aromatic rings. The number of hydrogen-bond acceptors (Lipinski definition) is 5. The van der Waals surface area contributed by atoms with Crippen LogP contribution in [0, 0.1) is 0 Å². The first-order valence-corrected chi connectivity index (χ1v) is 10.7. The van der Waals surface area contributed by atoms with Crippen molar-refractivity contribution in [1.29, 1.82) is 0 Å². The summed E-state index contributed by atoms with van der Waals surface area (Å²) < 4.78 is 36.1. The molecule has 1 atom stereocenters. The molecule has 0 fully saturated rings. The van der Waals surface area contributed by atoms with E-state index in [1.54, 1.807) is 18.2 Å². The zero-order chi connectivity index (χ0) is 21.1. The van der Waals surface area contributed by atoms with Crippen molar-refractivity contribution in [3.63, 3.8) is 0 Å². The number of sulfonamides is 1. The summed E-state index contributed by atoms with van der Waals surface area (Å²) in [5.41, 5.74) is 0.557. The molecule has 0 unspecified atom stereocenters. The Balaban J connectivity index is 2.37. The van der Waals surface area contributed by atoms with Crippen molar-refractivity contribution in [2.24, 2.45) is 0 Å². The molecule has 0 aromatic heterocycles. The molecule has 0 heterocycles. The molecule has 1 N–H and O–H groups in total. The van der Waals surface area contributed by atoms with E-state index in [9.17, 15) is 13.2 Å². The van der Waals surface area contributed by atoms with Crippen LogP contribution in [0.15, 0.2) is 36.4 Å². The Morgan fingerprint density at radius 1 is 1.07 bits per heavy atom. The first kappa shape index (κ1) is 22.1. The molecule has 2 aromatic carbocycles. The number of amides is 1. The fourth-order valence-corrected chi connectivity index (χ4v) is 4.29. The second kappa shape index (κ2) is 8.89. The average Bonchev–Trinajstić information content (AvgIpc) is 2.60. The lowest BCUT2D eigenvalue weighted by atomic mass is 10.2. The predicted molar refractivity (Wildman–Crippen MR) is 111 cm³/mol. The lowest BCUT2D eigenvalue weighted by Crippen LogP contribution is -2.45. The maximum atomic E-state index is 12.8. The number of halogens is 2. The topological polar surface area (TPSA) is 84.9 Å². The number of carbonyl (C=O) groups is 1. The van der Waals surface area contributed by atoms with Gasteiger partial charge in [-0.15, -0.1) is 0 Å². The van der Waals surface area contributed by atoms with Crippen molar-refractivity contribution in [3.05, 3.63) is 46.4 Å². The van der Waals surface area contributed by atoms with Gasteiger partial charge in [0, 0.05) is 16.1 Å². The fourth-order valence-electron chi connectivity index (χ4n) is 2.61. The number of anilines is 2. The Labute approximate surface area is 174 Å². The quantitative estimate of drug-likeness (QED) is 0.698. The van der Waals surface area contributed by atoms with E-state index < -0.39 is 22.0 Å². The number of nitrogens with one attached hydrogen (secondary N) is 1.